The second-order valence-corrected chi connectivity index (χ2v) is 6.18. The van der Waals surface area contributed by atoms with E-state index in [0.717, 1.165) is 56.6 Å². The van der Waals surface area contributed by atoms with Gasteiger partial charge in [-0.1, -0.05) is 38.8 Å². The van der Waals surface area contributed by atoms with E-state index in [1.807, 2.05) is 24.3 Å². The smallest absolute Gasteiger partial charge is 0.316 e. The second kappa shape index (κ2) is 8.34. The largest absolute Gasteiger partial charge is 0.497 e. The Kier molecular flexibility index (Phi) is 6.46. The summed E-state index contributed by atoms with van der Waals surface area (Å²) in [5.74, 6) is 0.722. The van der Waals surface area contributed by atoms with Gasteiger partial charge in [-0.05, 0) is 43.6 Å². The van der Waals surface area contributed by atoms with Gasteiger partial charge in [-0.3, -0.25) is 4.79 Å². The van der Waals surface area contributed by atoms with Crippen LogP contribution < -0.4 is 4.74 Å². The van der Waals surface area contributed by atoms with Crippen molar-refractivity contribution >= 4 is 5.97 Å². The second-order valence-electron chi connectivity index (χ2n) is 6.18. The van der Waals surface area contributed by atoms with Gasteiger partial charge < -0.3 is 14.4 Å². The van der Waals surface area contributed by atoms with Crippen LogP contribution in [0.5, 0.6) is 5.75 Å². The van der Waals surface area contributed by atoms with E-state index in [0.29, 0.717) is 6.61 Å². The fourth-order valence-corrected chi connectivity index (χ4v) is 3.46. The molecule has 23 heavy (non-hydrogen) atoms. The molecule has 0 saturated heterocycles. The minimum Gasteiger partial charge on any atom is -0.497 e. The van der Waals surface area contributed by atoms with Crippen molar-refractivity contribution in [1.82, 2.24) is 4.90 Å². The minimum absolute atomic E-state index is 0.0737. The third-order valence-corrected chi connectivity index (χ3v) is 5.01. The molecule has 4 heteroatoms. The van der Waals surface area contributed by atoms with Crippen LogP contribution in [0.2, 0.25) is 0 Å². The van der Waals surface area contributed by atoms with E-state index in [1.54, 1.807) is 7.11 Å². The van der Waals surface area contributed by atoms with Gasteiger partial charge >= 0.3 is 5.97 Å². The maximum Gasteiger partial charge on any atom is 0.316 e. The van der Waals surface area contributed by atoms with Crippen molar-refractivity contribution in [3.63, 3.8) is 0 Å². The lowest BCUT2D eigenvalue weighted by atomic mass is 9.79. The summed E-state index contributed by atoms with van der Waals surface area (Å²) >= 11 is 0. The minimum atomic E-state index is -0.488. The standard InChI is InChI=1S/C19H29NO3/c1-4-20(5-2)13-14-23-18(21)19(11-6-7-12-19)16-9-8-10-17(15-16)22-3/h8-10,15H,4-7,11-14H2,1-3H3. The number of carbonyl (C=O) groups is 1. The van der Waals surface area contributed by atoms with E-state index in [-0.39, 0.29) is 5.97 Å². The number of methoxy groups -OCH3 is 1. The zero-order valence-electron chi connectivity index (χ0n) is 14.6. The molecule has 0 aliphatic heterocycles. The van der Waals surface area contributed by atoms with Crippen LogP contribution in [0, 0.1) is 0 Å². The lowest BCUT2D eigenvalue weighted by Gasteiger charge is -2.28. The molecule has 1 saturated carbocycles. The van der Waals surface area contributed by atoms with Crippen molar-refractivity contribution in [1.29, 1.82) is 0 Å². The van der Waals surface area contributed by atoms with E-state index in [9.17, 15) is 4.79 Å². The van der Waals surface area contributed by atoms with Gasteiger partial charge in [0.1, 0.15) is 12.4 Å². The fourth-order valence-electron chi connectivity index (χ4n) is 3.46. The van der Waals surface area contributed by atoms with E-state index in [2.05, 4.69) is 18.7 Å². The van der Waals surface area contributed by atoms with Crippen LogP contribution >= 0.6 is 0 Å². The Balaban J connectivity index is 2.09. The van der Waals surface area contributed by atoms with Gasteiger partial charge in [0, 0.05) is 6.54 Å². The first-order valence-corrected chi connectivity index (χ1v) is 8.70. The summed E-state index contributed by atoms with van der Waals surface area (Å²) in [5, 5.41) is 0. The first kappa shape index (κ1) is 17.8. The van der Waals surface area contributed by atoms with Crippen LogP contribution in [0.4, 0.5) is 0 Å². The predicted molar refractivity (Wildman–Crippen MR) is 91.9 cm³/mol. The number of likely N-dealkylation sites (N-methyl/N-ethyl adjacent to an activating group) is 1. The number of benzene rings is 1. The summed E-state index contributed by atoms with van der Waals surface area (Å²) in [6.07, 6.45) is 3.87. The van der Waals surface area contributed by atoms with Crippen LogP contribution in [0.25, 0.3) is 0 Å². The molecule has 4 nitrogen and oxygen atoms in total. The number of hydrogen-bond acceptors (Lipinski definition) is 4. The van der Waals surface area contributed by atoms with E-state index in [1.165, 1.54) is 0 Å². The highest BCUT2D eigenvalue weighted by Crippen LogP contribution is 2.43. The monoisotopic (exact) mass is 319 g/mol. The SMILES string of the molecule is CCN(CC)CCOC(=O)C1(c2cccc(OC)c2)CCCC1. The van der Waals surface area contributed by atoms with Crippen molar-refractivity contribution < 1.29 is 14.3 Å². The van der Waals surface area contributed by atoms with Crippen LogP contribution in [0.3, 0.4) is 0 Å². The highest BCUT2D eigenvalue weighted by molar-refractivity contribution is 5.83. The lowest BCUT2D eigenvalue weighted by Crippen LogP contribution is -2.37. The molecule has 0 unspecified atom stereocenters. The molecule has 0 amide bonds. The van der Waals surface area contributed by atoms with Gasteiger partial charge in [0.15, 0.2) is 0 Å². The van der Waals surface area contributed by atoms with Crippen molar-refractivity contribution in [2.24, 2.45) is 0 Å². The predicted octanol–water partition coefficient (Wildman–Crippen LogP) is 3.39. The average molecular weight is 319 g/mol. The Morgan fingerprint density at radius 2 is 1.91 bits per heavy atom. The molecule has 1 aromatic rings. The van der Waals surface area contributed by atoms with Gasteiger partial charge in [0.25, 0.3) is 0 Å². The number of rotatable bonds is 8. The van der Waals surface area contributed by atoms with Crippen LogP contribution in [0.1, 0.15) is 45.1 Å². The van der Waals surface area contributed by atoms with Crippen molar-refractivity contribution in [2.45, 2.75) is 44.9 Å². The molecule has 1 aliphatic rings. The van der Waals surface area contributed by atoms with E-state index < -0.39 is 5.41 Å². The number of nitrogens with zero attached hydrogens (tertiary/aromatic N) is 1. The summed E-state index contributed by atoms with van der Waals surface area (Å²) in [6.45, 7) is 7.48. The Morgan fingerprint density at radius 3 is 2.52 bits per heavy atom. The Hall–Kier alpha value is -1.55. The van der Waals surface area contributed by atoms with Gasteiger partial charge in [0.2, 0.25) is 0 Å². The fraction of sp³-hybridized carbons (Fsp3) is 0.632. The zero-order chi connectivity index (χ0) is 16.7. The molecule has 0 radical (unpaired) electrons. The molecular formula is C19H29NO3. The van der Waals surface area contributed by atoms with Crippen molar-refractivity contribution in [2.75, 3.05) is 33.4 Å². The number of esters is 1. The maximum absolute atomic E-state index is 12.8. The Labute approximate surface area is 139 Å². The lowest BCUT2D eigenvalue weighted by molar-refractivity contribution is -0.151. The first-order chi connectivity index (χ1) is 11.2. The summed E-state index contributed by atoms with van der Waals surface area (Å²) in [4.78, 5) is 15.1. The molecule has 0 N–H and O–H groups in total. The van der Waals surface area contributed by atoms with Crippen LogP contribution in [0.15, 0.2) is 24.3 Å². The summed E-state index contributed by atoms with van der Waals surface area (Å²) in [7, 11) is 1.66. The quantitative estimate of drug-likeness (QED) is 0.689. The zero-order valence-corrected chi connectivity index (χ0v) is 14.6. The molecule has 0 bridgehead atoms. The van der Waals surface area contributed by atoms with Crippen LogP contribution in [-0.2, 0) is 14.9 Å². The molecule has 2 rings (SSSR count). The molecule has 1 fully saturated rings. The molecule has 0 aromatic heterocycles. The maximum atomic E-state index is 12.8. The molecular weight excluding hydrogens is 290 g/mol. The van der Waals surface area contributed by atoms with Gasteiger partial charge in [-0.2, -0.15) is 0 Å². The van der Waals surface area contributed by atoms with Crippen molar-refractivity contribution in [3.05, 3.63) is 29.8 Å². The number of ether oxygens (including phenoxy) is 2. The van der Waals surface area contributed by atoms with Crippen molar-refractivity contribution in [3.8, 4) is 5.75 Å². The van der Waals surface area contributed by atoms with Gasteiger partial charge in [-0.25, -0.2) is 0 Å². The Morgan fingerprint density at radius 1 is 1.22 bits per heavy atom. The van der Waals surface area contributed by atoms with Gasteiger partial charge in [-0.15, -0.1) is 0 Å². The van der Waals surface area contributed by atoms with Crippen LogP contribution in [-0.4, -0.2) is 44.2 Å². The van der Waals surface area contributed by atoms with E-state index in [4.69, 9.17) is 9.47 Å². The third-order valence-electron chi connectivity index (χ3n) is 5.01. The molecule has 0 heterocycles. The topological polar surface area (TPSA) is 38.8 Å². The highest BCUT2D eigenvalue weighted by atomic mass is 16.5. The molecule has 0 atom stereocenters. The normalized spacial score (nSPS) is 16.5. The summed E-state index contributed by atoms with van der Waals surface area (Å²) in [6, 6.07) is 7.88. The van der Waals surface area contributed by atoms with E-state index >= 15 is 0 Å². The average Bonchev–Trinajstić information content (AvgIpc) is 3.10. The Bertz CT molecular complexity index is 505. The highest BCUT2D eigenvalue weighted by Gasteiger charge is 2.44. The molecule has 1 aliphatic carbocycles. The molecule has 0 spiro atoms. The number of hydrogen-bond donors (Lipinski definition) is 0. The summed E-state index contributed by atoms with van der Waals surface area (Å²) in [5.41, 5.74) is 0.542. The summed E-state index contributed by atoms with van der Waals surface area (Å²) < 4.78 is 11.0. The molecule has 1 aromatic carbocycles. The third kappa shape index (κ3) is 4.05. The first-order valence-electron chi connectivity index (χ1n) is 8.70. The number of carbonyl (C=O) groups excluding carboxylic acids is 1. The van der Waals surface area contributed by atoms with Gasteiger partial charge in [0.05, 0.1) is 12.5 Å². The molecule has 128 valence electrons.